The highest BCUT2D eigenvalue weighted by Gasteiger charge is 1.99. The maximum absolute atomic E-state index is 5.35. The van der Waals surface area contributed by atoms with Crippen LogP contribution in [-0.4, -0.2) is 13.6 Å². The molecule has 1 aromatic rings. The number of hydrogen-bond acceptors (Lipinski definition) is 3. The summed E-state index contributed by atoms with van der Waals surface area (Å²) in [5, 5.41) is 3.15. The van der Waals surface area contributed by atoms with E-state index < -0.39 is 0 Å². The summed E-state index contributed by atoms with van der Waals surface area (Å²) >= 11 is 1.78. The van der Waals surface area contributed by atoms with Gasteiger partial charge in [0.1, 0.15) is 0 Å². The van der Waals surface area contributed by atoms with Crippen molar-refractivity contribution in [2.75, 3.05) is 13.6 Å². The SMILES string of the molecule is CNCC/C(=C\C=C/N)Sc1ccccc1. The second kappa shape index (κ2) is 8.02. The molecule has 1 aromatic carbocycles. The number of nitrogens with two attached hydrogens (primary N) is 1. The summed E-state index contributed by atoms with van der Waals surface area (Å²) < 4.78 is 0. The highest BCUT2D eigenvalue weighted by molar-refractivity contribution is 8.03. The fourth-order valence-electron chi connectivity index (χ4n) is 1.22. The molecule has 3 heteroatoms. The smallest absolute Gasteiger partial charge is 0.0119 e. The summed E-state index contributed by atoms with van der Waals surface area (Å²) in [7, 11) is 1.96. The Morgan fingerprint density at radius 2 is 2.12 bits per heavy atom. The highest BCUT2D eigenvalue weighted by Crippen LogP contribution is 2.28. The van der Waals surface area contributed by atoms with Gasteiger partial charge < -0.3 is 11.1 Å². The van der Waals surface area contributed by atoms with E-state index >= 15 is 0 Å². The Balaban J connectivity index is 2.63. The van der Waals surface area contributed by atoms with Gasteiger partial charge in [-0.25, -0.2) is 0 Å². The van der Waals surface area contributed by atoms with Crippen molar-refractivity contribution in [1.82, 2.24) is 5.32 Å². The molecule has 0 bridgehead atoms. The first-order chi connectivity index (χ1) is 7.86. The van der Waals surface area contributed by atoms with E-state index in [9.17, 15) is 0 Å². The number of allylic oxidation sites excluding steroid dienone is 2. The lowest BCUT2D eigenvalue weighted by Crippen LogP contribution is -2.07. The zero-order valence-corrected chi connectivity index (χ0v) is 10.3. The van der Waals surface area contributed by atoms with Gasteiger partial charge in [-0.15, -0.1) is 0 Å². The van der Waals surface area contributed by atoms with Crippen molar-refractivity contribution < 1.29 is 0 Å². The average molecular weight is 234 g/mol. The largest absolute Gasteiger partial charge is 0.405 e. The predicted molar refractivity (Wildman–Crippen MR) is 72.3 cm³/mol. The minimum absolute atomic E-state index is 0.976. The van der Waals surface area contributed by atoms with Crippen molar-refractivity contribution in [1.29, 1.82) is 0 Å². The predicted octanol–water partition coefficient (Wildman–Crippen LogP) is 2.74. The number of thioether (sulfide) groups is 1. The molecule has 86 valence electrons. The van der Waals surface area contributed by atoms with E-state index in [-0.39, 0.29) is 0 Å². The minimum Gasteiger partial charge on any atom is -0.405 e. The summed E-state index contributed by atoms with van der Waals surface area (Å²) in [4.78, 5) is 2.57. The Kier molecular flexibility index (Phi) is 6.45. The van der Waals surface area contributed by atoms with Gasteiger partial charge in [0.05, 0.1) is 0 Å². The first-order valence-electron chi connectivity index (χ1n) is 5.31. The summed E-state index contributed by atoms with van der Waals surface area (Å²) in [6.45, 7) is 0.976. The van der Waals surface area contributed by atoms with E-state index in [0.29, 0.717) is 0 Å². The van der Waals surface area contributed by atoms with Crippen LogP contribution in [0.25, 0.3) is 0 Å². The van der Waals surface area contributed by atoms with Crippen LogP contribution in [0.4, 0.5) is 0 Å². The number of hydrogen-bond donors (Lipinski definition) is 2. The standard InChI is InChI=1S/C13H18N2S/c1-15-11-9-13(8-5-10-14)16-12-6-3-2-4-7-12/h2-8,10,15H,9,11,14H2,1H3/b10-5-,13-8+. The molecule has 0 aliphatic carbocycles. The normalized spacial score (nSPS) is 12.2. The fraction of sp³-hybridized carbons (Fsp3) is 0.231. The third-order valence-electron chi connectivity index (χ3n) is 2.01. The zero-order chi connectivity index (χ0) is 11.6. The van der Waals surface area contributed by atoms with Gasteiger partial charge in [0.15, 0.2) is 0 Å². The van der Waals surface area contributed by atoms with Crippen LogP contribution in [-0.2, 0) is 0 Å². The van der Waals surface area contributed by atoms with Crippen molar-refractivity contribution in [3.05, 3.63) is 53.6 Å². The second-order valence-electron chi connectivity index (χ2n) is 3.29. The topological polar surface area (TPSA) is 38.0 Å². The van der Waals surface area contributed by atoms with Crippen LogP contribution in [0.5, 0.6) is 0 Å². The Morgan fingerprint density at radius 1 is 1.38 bits per heavy atom. The minimum atomic E-state index is 0.976. The molecule has 0 unspecified atom stereocenters. The molecular weight excluding hydrogens is 216 g/mol. The molecule has 0 radical (unpaired) electrons. The van der Waals surface area contributed by atoms with Crippen LogP contribution in [0.2, 0.25) is 0 Å². The molecule has 16 heavy (non-hydrogen) atoms. The molecule has 0 spiro atoms. The van der Waals surface area contributed by atoms with Crippen LogP contribution in [0.15, 0.2) is 58.5 Å². The van der Waals surface area contributed by atoms with E-state index in [0.717, 1.165) is 13.0 Å². The molecule has 0 aromatic heterocycles. The molecule has 0 fully saturated rings. The second-order valence-corrected chi connectivity index (χ2v) is 4.49. The van der Waals surface area contributed by atoms with Gasteiger partial charge in [0.25, 0.3) is 0 Å². The van der Waals surface area contributed by atoms with Crippen LogP contribution < -0.4 is 11.1 Å². The number of benzene rings is 1. The van der Waals surface area contributed by atoms with Crippen molar-refractivity contribution in [2.45, 2.75) is 11.3 Å². The molecule has 0 aliphatic heterocycles. The van der Waals surface area contributed by atoms with Gasteiger partial charge in [-0.2, -0.15) is 0 Å². The van der Waals surface area contributed by atoms with E-state index in [1.807, 2.05) is 19.2 Å². The van der Waals surface area contributed by atoms with Crippen molar-refractivity contribution in [2.24, 2.45) is 5.73 Å². The van der Waals surface area contributed by atoms with Crippen LogP contribution >= 0.6 is 11.8 Å². The lowest BCUT2D eigenvalue weighted by atomic mass is 10.3. The summed E-state index contributed by atoms with van der Waals surface area (Å²) in [6, 6.07) is 10.4. The number of rotatable bonds is 6. The van der Waals surface area contributed by atoms with Gasteiger partial charge in [-0.1, -0.05) is 36.0 Å². The van der Waals surface area contributed by atoms with E-state index in [1.54, 1.807) is 18.0 Å². The van der Waals surface area contributed by atoms with Crippen molar-refractivity contribution in [3.63, 3.8) is 0 Å². The lowest BCUT2D eigenvalue weighted by molar-refractivity contribution is 0.803. The average Bonchev–Trinajstić information content (AvgIpc) is 2.34. The summed E-state index contributed by atoms with van der Waals surface area (Å²) in [5.74, 6) is 0. The maximum Gasteiger partial charge on any atom is 0.0119 e. The van der Waals surface area contributed by atoms with Gasteiger partial charge in [-0.3, -0.25) is 0 Å². The van der Waals surface area contributed by atoms with Crippen molar-refractivity contribution >= 4 is 11.8 Å². The third-order valence-corrected chi connectivity index (χ3v) is 3.12. The molecule has 0 saturated heterocycles. The zero-order valence-electron chi connectivity index (χ0n) is 9.52. The van der Waals surface area contributed by atoms with Crippen molar-refractivity contribution in [3.8, 4) is 0 Å². The van der Waals surface area contributed by atoms with Gasteiger partial charge in [-0.05, 0) is 49.3 Å². The Labute approximate surface area is 102 Å². The Bertz CT molecular complexity index is 344. The van der Waals surface area contributed by atoms with Gasteiger partial charge in [0, 0.05) is 4.90 Å². The summed E-state index contributed by atoms with van der Waals surface area (Å²) in [5.41, 5.74) is 5.35. The molecule has 0 heterocycles. The van der Waals surface area contributed by atoms with Crippen LogP contribution in [0, 0.1) is 0 Å². The van der Waals surface area contributed by atoms with E-state index in [2.05, 4.69) is 35.7 Å². The maximum atomic E-state index is 5.35. The summed E-state index contributed by atoms with van der Waals surface area (Å²) in [6.07, 6.45) is 6.52. The van der Waals surface area contributed by atoms with E-state index in [4.69, 9.17) is 5.73 Å². The first-order valence-corrected chi connectivity index (χ1v) is 6.13. The van der Waals surface area contributed by atoms with Crippen LogP contribution in [0.3, 0.4) is 0 Å². The number of nitrogens with one attached hydrogen (secondary N) is 1. The van der Waals surface area contributed by atoms with Gasteiger partial charge >= 0.3 is 0 Å². The fourth-order valence-corrected chi connectivity index (χ4v) is 2.17. The Morgan fingerprint density at radius 3 is 2.75 bits per heavy atom. The molecule has 0 saturated carbocycles. The molecule has 0 amide bonds. The van der Waals surface area contributed by atoms with Crippen LogP contribution in [0.1, 0.15) is 6.42 Å². The van der Waals surface area contributed by atoms with E-state index in [1.165, 1.54) is 9.80 Å². The molecule has 3 N–H and O–H groups in total. The monoisotopic (exact) mass is 234 g/mol. The molecule has 1 rings (SSSR count). The Hall–Kier alpha value is -1.19. The third kappa shape index (κ3) is 5.05. The first kappa shape index (κ1) is 12.9. The molecule has 0 aliphatic rings. The molecule has 2 nitrogen and oxygen atoms in total. The lowest BCUT2D eigenvalue weighted by Gasteiger charge is -2.06. The highest BCUT2D eigenvalue weighted by atomic mass is 32.2. The quantitative estimate of drug-likeness (QED) is 0.587. The molecule has 0 atom stereocenters. The van der Waals surface area contributed by atoms with Gasteiger partial charge in [0.2, 0.25) is 0 Å². The molecular formula is C13H18N2S.